The summed E-state index contributed by atoms with van der Waals surface area (Å²) >= 11 is 0. The Balaban J connectivity index is 2.50. The fourth-order valence-electron chi connectivity index (χ4n) is 4.75. The van der Waals surface area contributed by atoms with Crippen molar-refractivity contribution in [2.45, 2.75) is 103 Å². The van der Waals surface area contributed by atoms with Gasteiger partial charge >= 0.3 is 5.97 Å². The molecule has 3 amide bonds. The van der Waals surface area contributed by atoms with Gasteiger partial charge in [0.15, 0.2) is 0 Å². The third-order valence-corrected chi connectivity index (χ3v) is 7.09. The highest BCUT2D eigenvalue weighted by Gasteiger charge is 2.45. The Morgan fingerprint density at radius 3 is 2.38 bits per heavy atom. The van der Waals surface area contributed by atoms with Gasteiger partial charge in [-0.1, -0.05) is 65.2 Å². The smallest absolute Gasteiger partial charge is 0.325 e. The highest BCUT2D eigenvalue weighted by atomic mass is 16.4. The van der Waals surface area contributed by atoms with E-state index in [0.717, 1.165) is 24.2 Å². The molecule has 0 bridgehead atoms. The zero-order valence-electron chi connectivity index (χ0n) is 23.7. The van der Waals surface area contributed by atoms with Crippen LogP contribution in [0, 0.1) is 11.8 Å². The second-order valence-corrected chi connectivity index (χ2v) is 11.1. The number of carbonyl (C=O) groups excluding carboxylic acids is 3. The van der Waals surface area contributed by atoms with Crippen molar-refractivity contribution in [2.75, 3.05) is 0 Å². The van der Waals surface area contributed by atoms with Crippen molar-refractivity contribution in [3.8, 4) is 0 Å². The van der Waals surface area contributed by atoms with E-state index in [0.29, 0.717) is 17.7 Å². The molecule has 10 heteroatoms. The molecule has 216 valence electrons. The maximum atomic E-state index is 13.7. The van der Waals surface area contributed by atoms with E-state index in [1.807, 2.05) is 20.8 Å². The summed E-state index contributed by atoms with van der Waals surface area (Å²) in [6.45, 7) is 9.19. The highest BCUT2D eigenvalue weighted by Crippen LogP contribution is 2.39. The van der Waals surface area contributed by atoms with E-state index in [1.54, 1.807) is 24.3 Å². The average Bonchev–Trinajstić information content (AvgIpc) is 3.21. The Morgan fingerprint density at radius 2 is 1.77 bits per heavy atom. The number of nitrogens with one attached hydrogen (secondary N) is 1. The van der Waals surface area contributed by atoms with Gasteiger partial charge < -0.3 is 21.3 Å². The quantitative estimate of drug-likeness (QED) is 0.263. The minimum Gasteiger partial charge on any atom is -0.480 e. The number of carboxylic acid groups (broad SMARTS) is 1. The van der Waals surface area contributed by atoms with Crippen molar-refractivity contribution in [2.24, 2.45) is 22.6 Å². The van der Waals surface area contributed by atoms with E-state index >= 15 is 0 Å². The van der Waals surface area contributed by atoms with E-state index in [4.69, 9.17) is 5.73 Å². The molecule has 0 aliphatic carbocycles. The van der Waals surface area contributed by atoms with Crippen molar-refractivity contribution in [1.29, 1.82) is 0 Å². The summed E-state index contributed by atoms with van der Waals surface area (Å²) in [5.74, 6) is -3.19. The Bertz CT molecular complexity index is 1060. The number of benzene rings is 1. The maximum Gasteiger partial charge on any atom is 0.325 e. The van der Waals surface area contributed by atoms with Crippen molar-refractivity contribution in [3.05, 3.63) is 29.8 Å². The standard InChI is InChI=1S/C29H44N4O6/c1-6-7-10-19(4)13-14-25(34)33(27(36)22(30)15-18(2)3)24(26(35)32-20(5)28(37)38)16-29(39)17-31-23-12-9-8-11-21(23)29/h8-9,11-12,17-20,22,24,39H,6-7,10,13-16,30H2,1-5H3,(H,32,35)(H,37,38)/t19-,20-,22+,24+,29+/m0/s1. The molecule has 5 N–H and O–H groups in total. The van der Waals surface area contributed by atoms with Gasteiger partial charge in [0.25, 0.3) is 0 Å². The average molecular weight is 545 g/mol. The van der Waals surface area contributed by atoms with Crippen LogP contribution < -0.4 is 11.1 Å². The summed E-state index contributed by atoms with van der Waals surface area (Å²) in [6, 6.07) is 2.97. The first-order valence-electron chi connectivity index (χ1n) is 13.8. The van der Waals surface area contributed by atoms with E-state index < -0.39 is 53.8 Å². The molecule has 1 aliphatic heterocycles. The van der Waals surface area contributed by atoms with Gasteiger partial charge in [0, 0.05) is 24.6 Å². The normalized spacial score (nSPS) is 19.2. The van der Waals surface area contributed by atoms with Gasteiger partial charge in [0.1, 0.15) is 17.7 Å². The van der Waals surface area contributed by atoms with Gasteiger partial charge in [0.2, 0.25) is 17.7 Å². The van der Waals surface area contributed by atoms with Crippen LogP contribution in [0.4, 0.5) is 5.69 Å². The number of nitrogens with zero attached hydrogens (tertiary/aromatic N) is 2. The topological polar surface area (TPSA) is 162 Å². The minimum atomic E-state index is -1.76. The summed E-state index contributed by atoms with van der Waals surface area (Å²) in [5, 5.41) is 23.4. The predicted octanol–water partition coefficient (Wildman–Crippen LogP) is 3.27. The number of hydrogen-bond acceptors (Lipinski definition) is 7. The second kappa shape index (κ2) is 14.3. The lowest BCUT2D eigenvalue weighted by Gasteiger charge is -2.35. The molecule has 1 aromatic rings. The number of amides is 3. The molecule has 0 spiro atoms. The third kappa shape index (κ3) is 8.69. The van der Waals surface area contributed by atoms with Gasteiger partial charge in [0.05, 0.1) is 11.7 Å². The third-order valence-electron chi connectivity index (χ3n) is 7.09. The molecule has 1 heterocycles. The number of hydrogen-bond donors (Lipinski definition) is 4. The molecular formula is C29H44N4O6. The molecule has 5 atom stereocenters. The molecule has 0 fully saturated rings. The molecular weight excluding hydrogens is 500 g/mol. The molecule has 2 rings (SSSR count). The van der Waals surface area contributed by atoms with Gasteiger partial charge in [-0.25, -0.2) is 0 Å². The molecule has 0 aromatic heterocycles. The van der Waals surface area contributed by atoms with Gasteiger partial charge in [-0.2, -0.15) is 0 Å². The van der Waals surface area contributed by atoms with E-state index in [1.165, 1.54) is 13.1 Å². The van der Waals surface area contributed by atoms with Crippen molar-refractivity contribution in [3.63, 3.8) is 0 Å². The number of unbranched alkanes of at least 4 members (excludes halogenated alkanes) is 1. The SMILES string of the molecule is CCCC[C@H](C)CCC(=O)N(C(=O)[C@H](N)CC(C)C)[C@H](C[C@@]1(O)C=Nc2ccccc21)C(=O)N[C@@H](C)C(=O)O. The summed E-state index contributed by atoms with van der Waals surface area (Å²) in [4.78, 5) is 57.5. The number of aliphatic carboxylic acids is 1. The maximum absolute atomic E-state index is 13.7. The fourth-order valence-corrected chi connectivity index (χ4v) is 4.75. The molecule has 1 aliphatic rings. The number of rotatable bonds is 15. The molecule has 0 saturated heterocycles. The molecule has 0 saturated carbocycles. The van der Waals surface area contributed by atoms with Crippen molar-refractivity contribution in [1.82, 2.24) is 10.2 Å². The van der Waals surface area contributed by atoms with Crippen LogP contribution >= 0.6 is 0 Å². The lowest BCUT2D eigenvalue weighted by atomic mass is 9.87. The Kier molecular flexibility index (Phi) is 11.8. The first-order chi connectivity index (χ1) is 18.3. The summed E-state index contributed by atoms with van der Waals surface area (Å²) < 4.78 is 0. The van der Waals surface area contributed by atoms with E-state index in [2.05, 4.69) is 17.2 Å². The van der Waals surface area contributed by atoms with E-state index in [9.17, 15) is 29.4 Å². The largest absolute Gasteiger partial charge is 0.480 e. The van der Waals surface area contributed by atoms with Gasteiger partial charge in [-0.3, -0.25) is 29.1 Å². The summed E-state index contributed by atoms with van der Waals surface area (Å²) in [7, 11) is 0. The number of aliphatic hydroxyl groups is 1. The first-order valence-corrected chi connectivity index (χ1v) is 13.8. The van der Waals surface area contributed by atoms with Crippen LogP contribution in [0.1, 0.15) is 85.1 Å². The van der Waals surface area contributed by atoms with Crippen LogP contribution in [0.2, 0.25) is 0 Å². The lowest BCUT2D eigenvalue weighted by Crippen LogP contribution is -2.59. The lowest BCUT2D eigenvalue weighted by molar-refractivity contribution is -0.155. The molecule has 39 heavy (non-hydrogen) atoms. The van der Waals surface area contributed by atoms with Crippen LogP contribution in [0.5, 0.6) is 0 Å². The zero-order valence-corrected chi connectivity index (χ0v) is 23.7. The highest BCUT2D eigenvalue weighted by molar-refractivity contribution is 6.03. The monoisotopic (exact) mass is 544 g/mol. The van der Waals surface area contributed by atoms with Gasteiger partial charge in [-0.05, 0) is 37.7 Å². The number of imide groups is 1. The number of fused-ring (bicyclic) bond motifs is 1. The first kappa shape index (κ1) is 32.1. The Morgan fingerprint density at radius 1 is 1.10 bits per heavy atom. The van der Waals surface area contributed by atoms with Crippen LogP contribution in [-0.4, -0.2) is 63.1 Å². The predicted molar refractivity (Wildman–Crippen MR) is 149 cm³/mol. The van der Waals surface area contributed by atoms with Crippen LogP contribution in [0.25, 0.3) is 0 Å². The van der Waals surface area contributed by atoms with Crippen LogP contribution in [0.3, 0.4) is 0 Å². The van der Waals surface area contributed by atoms with E-state index in [-0.39, 0.29) is 24.7 Å². The number of carbonyl (C=O) groups is 4. The molecule has 10 nitrogen and oxygen atoms in total. The number of aliphatic imine (C=N–C) groups is 1. The van der Waals surface area contributed by atoms with Crippen LogP contribution in [-0.2, 0) is 24.8 Å². The van der Waals surface area contributed by atoms with Crippen molar-refractivity contribution < 1.29 is 29.4 Å². The second-order valence-electron chi connectivity index (χ2n) is 11.1. The molecule has 0 radical (unpaired) electrons. The molecule has 0 unspecified atom stereocenters. The Labute approximate surface area is 231 Å². The van der Waals surface area contributed by atoms with Gasteiger partial charge in [-0.15, -0.1) is 0 Å². The Hall–Kier alpha value is -3.11. The zero-order chi connectivity index (χ0) is 29.3. The molecule has 1 aromatic carbocycles. The van der Waals surface area contributed by atoms with Crippen molar-refractivity contribution >= 4 is 35.6 Å². The van der Waals surface area contributed by atoms with Crippen LogP contribution in [0.15, 0.2) is 29.3 Å². The number of para-hydroxylation sites is 1. The minimum absolute atomic E-state index is 0.00634. The fraction of sp³-hybridized carbons (Fsp3) is 0.621. The number of nitrogens with two attached hydrogens (primary N) is 1. The number of carboxylic acids is 1. The summed E-state index contributed by atoms with van der Waals surface area (Å²) in [5.41, 5.74) is 5.39. The summed E-state index contributed by atoms with van der Waals surface area (Å²) in [6.07, 6.45) is 4.65.